The van der Waals surface area contributed by atoms with E-state index in [-0.39, 0.29) is 0 Å². The third kappa shape index (κ3) is 3.27. The Balaban J connectivity index is 2.25. The van der Waals surface area contributed by atoms with Gasteiger partial charge in [-0.25, -0.2) is 9.37 Å². The molecule has 1 N–H and O–H groups in total. The molecule has 0 spiro atoms. The summed E-state index contributed by atoms with van der Waals surface area (Å²) in [4.78, 5) is 4.01. The highest BCUT2D eigenvalue weighted by molar-refractivity contribution is 9.10. The molecule has 0 saturated carbocycles. The predicted octanol–water partition coefficient (Wildman–Crippen LogP) is 3.83. The number of aliphatic hydroxyl groups is 1. The molecular weight excluding hydrogens is 301 g/mol. The van der Waals surface area contributed by atoms with Gasteiger partial charge in [0.25, 0.3) is 0 Å². The van der Waals surface area contributed by atoms with Gasteiger partial charge in [-0.3, -0.25) is 0 Å². The zero-order chi connectivity index (χ0) is 13.1. The minimum atomic E-state index is -0.602. The molecule has 0 saturated heterocycles. The molecule has 0 aliphatic carbocycles. The van der Waals surface area contributed by atoms with Crippen molar-refractivity contribution in [3.8, 4) is 11.6 Å². The maximum absolute atomic E-state index is 13.2. The van der Waals surface area contributed by atoms with Crippen molar-refractivity contribution in [1.82, 2.24) is 4.98 Å². The summed E-state index contributed by atoms with van der Waals surface area (Å²) < 4.78 is 19.2. The van der Waals surface area contributed by atoms with Crippen LogP contribution in [0, 0.1) is 5.82 Å². The lowest BCUT2D eigenvalue weighted by molar-refractivity contribution is 0.198. The monoisotopic (exact) mass is 311 g/mol. The number of rotatable bonds is 3. The quantitative estimate of drug-likeness (QED) is 0.936. The first-order valence-electron chi connectivity index (χ1n) is 5.32. The second-order valence-corrected chi connectivity index (χ2v) is 4.73. The van der Waals surface area contributed by atoms with Gasteiger partial charge in [0, 0.05) is 22.8 Å². The summed E-state index contributed by atoms with van der Waals surface area (Å²) in [6.07, 6.45) is 0.931. The maximum atomic E-state index is 13.2. The minimum absolute atomic E-state index is 0.311. The average Bonchev–Trinajstić information content (AvgIpc) is 2.27. The molecule has 2 rings (SSSR count). The fourth-order valence-electron chi connectivity index (χ4n) is 1.45. The molecule has 2 aromatic rings. The van der Waals surface area contributed by atoms with Crippen LogP contribution in [0.1, 0.15) is 18.6 Å². The van der Waals surface area contributed by atoms with Crippen molar-refractivity contribution in [3.63, 3.8) is 0 Å². The van der Waals surface area contributed by atoms with E-state index in [0.29, 0.717) is 21.7 Å². The lowest BCUT2D eigenvalue weighted by Crippen LogP contribution is -1.94. The average molecular weight is 312 g/mol. The van der Waals surface area contributed by atoms with Crippen LogP contribution >= 0.6 is 15.9 Å². The molecule has 5 heteroatoms. The lowest BCUT2D eigenvalue weighted by Gasteiger charge is -2.08. The topological polar surface area (TPSA) is 42.4 Å². The Morgan fingerprint density at radius 2 is 2.11 bits per heavy atom. The first-order chi connectivity index (χ1) is 8.54. The van der Waals surface area contributed by atoms with Crippen LogP contribution in [0.2, 0.25) is 0 Å². The van der Waals surface area contributed by atoms with Gasteiger partial charge in [0.05, 0.1) is 6.10 Å². The van der Waals surface area contributed by atoms with Crippen LogP contribution in [0.4, 0.5) is 4.39 Å². The summed E-state index contributed by atoms with van der Waals surface area (Å²) in [5.74, 6) is 0.258. The van der Waals surface area contributed by atoms with E-state index in [9.17, 15) is 9.50 Å². The van der Waals surface area contributed by atoms with Gasteiger partial charge in [-0.15, -0.1) is 0 Å². The number of aromatic nitrogens is 1. The van der Waals surface area contributed by atoms with Crippen LogP contribution < -0.4 is 4.74 Å². The van der Waals surface area contributed by atoms with Gasteiger partial charge >= 0.3 is 0 Å². The number of hydrogen-bond donors (Lipinski definition) is 1. The normalized spacial score (nSPS) is 12.2. The highest BCUT2D eigenvalue weighted by atomic mass is 79.9. The van der Waals surface area contributed by atoms with Gasteiger partial charge < -0.3 is 9.84 Å². The van der Waals surface area contributed by atoms with Crippen molar-refractivity contribution >= 4 is 15.9 Å². The molecular formula is C13H11BrFNO2. The van der Waals surface area contributed by atoms with Gasteiger partial charge in [0.1, 0.15) is 11.6 Å². The number of nitrogens with zero attached hydrogens (tertiary/aromatic N) is 1. The molecule has 0 aliphatic rings. The molecule has 94 valence electrons. The predicted molar refractivity (Wildman–Crippen MR) is 69.0 cm³/mol. The standard InChI is InChI=1S/C13H11BrFNO2/c1-8(17)9-2-3-16-13(4-9)18-12-6-10(14)5-11(15)7-12/h2-8,17H,1H3. The van der Waals surface area contributed by atoms with Gasteiger partial charge in [0.2, 0.25) is 5.88 Å². The van der Waals surface area contributed by atoms with Crippen LogP contribution in [0.15, 0.2) is 41.0 Å². The van der Waals surface area contributed by atoms with Crippen LogP contribution in [0.25, 0.3) is 0 Å². The van der Waals surface area contributed by atoms with E-state index in [1.165, 1.54) is 18.3 Å². The van der Waals surface area contributed by atoms with Crippen LogP contribution in [-0.4, -0.2) is 10.1 Å². The number of halogens is 2. The van der Waals surface area contributed by atoms with Gasteiger partial charge in [-0.05, 0) is 30.7 Å². The smallest absolute Gasteiger partial charge is 0.219 e. The largest absolute Gasteiger partial charge is 0.439 e. The Bertz CT molecular complexity index is 540. The van der Waals surface area contributed by atoms with E-state index in [2.05, 4.69) is 20.9 Å². The van der Waals surface area contributed by atoms with E-state index in [1.54, 1.807) is 25.1 Å². The molecule has 1 heterocycles. The lowest BCUT2D eigenvalue weighted by atomic mass is 10.2. The van der Waals surface area contributed by atoms with Crippen molar-refractivity contribution in [3.05, 3.63) is 52.4 Å². The fourth-order valence-corrected chi connectivity index (χ4v) is 1.89. The Morgan fingerprint density at radius 1 is 1.33 bits per heavy atom. The molecule has 1 atom stereocenters. The molecule has 0 amide bonds. The van der Waals surface area contributed by atoms with E-state index >= 15 is 0 Å². The highest BCUT2D eigenvalue weighted by Crippen LogP contribution is 2.26. The van der Waals surface area contributed by atoms with Crippen molar-refractivity contribution in [2.24, 2.45) is 0 Å². The fraction of sp³-hybridized carbons (Fsp3) is 0.154. The second kappa shape index (κ2) is 5.46. The van der Waals surface area contributed by atoms with Crippen molar-refractivity contribution in [2.45, 2.75) is 13.0 Å². The van der Waals surface area contributed by atoms with E-state index in [1.807, 2.05) is 0 Å². The number of aliphatic hydroxyl groups excluding tert-OH is 1. The van der Waals surface area contributed by atoms with Gasteiger partial charge in [0.15, 0.2) is 0 Å². The molecule has 0 radical (unpaired) electrons. The van der Waals surface area contributed by atoms with Crippen molar-refractivity contribution in [2.75, 3.05) is 0 Å². The molecule has 0 aliphatic heterocycles. The van der Waals surface area contributed by atoms with Crippen molar-refractivity contribution < 1.29 is 14.2 Å². The number of hydrogen-bond acceptors (Lipinski definition) is 3. The molecule has 18 heavy (non-hydrogen) atoms. The summed E-state index contributed by atoms with van der Waals surface area (Å²) in [7, 11) is 0. The third-order valence-electron chi connectivity index (χ3n) is 2.30. The molecule has 1 aromatic heterocycles. The van der Waals surface area contributed by atoms with E-state index < -0.39 is 11.9 Å². The summed E-state index contributed by atoms with van der Waals surface area (Å²) in [5.41, 5.74) is 0.690. The Morgan fingerprint density at radius 3 is 2.78 bits per heavy atom. The van der Waals surface area contributed by atoms with Crippen LogP contribution in [-0.2, 0) is 0 Å². The number of ether oxygens (including phenoxy) is 1. The van der Waals surface area contributed by atoms with E-state index in [4.69, 9.17) is 4.74 Å². The molecule has 3 nitrogen and oxygen atoms in total. The zero-order valence-electron chi connectivity index (χ0n) is 9.60. The summed E-state index contributed by atoms with van der Waals surface area (Å²) >= 11 is 3.18. The summed E-state index contributed by atoms with van der Waals surface area (Å²) in [5, 5.41) is 9.45. The second-order valence-electron chi connectivity index (χ2n) is 3.81. The van der Waals surface area contributed by atoms with Gasteiger partial charge in [-0.1, -0.05) is 15.9 Å². The Labute approximate surface area is 112 Å². The van der Waals surface area contributed by atoms with Crippen LogP contribution in [0.5, 0.6) is 11.6 Å². The molecule has 1 unspecified atom stereocenters. The Hall–Kier alpha value is -1.46. The first-order valence-corrected chi connectivity index (χ1v) is 6.12. The van der Waals surface area contributed by atoms with Gasteiger partial charge in [-0.2, -0.15) is 0 Å². The Kier molecular flexibility index (Phi) is 3.93. The van der Waals surface area contributed by atoms with Crippen molar-refractivity contribution in [1.29, 1.82) is 0 Å². The van der Waals surface area contributed by atoms with E-state index in [0.717, 1.165) is 0 Å². The molecule has 0 bridgehead atoms. The maximum Gasteiger partial charge on any atom is 0.219 e. The molecule has 0 fully saturated rings. The van der Waals surface area contributed by atoms with Crippen LogP contribution in [0.3, 0.4) is 0 Å². The molecule has 1 aromatic carbocycles. The summed E-state index contributed by atoms with van der Waals surface area (Å²) in [6, 6.07) is 7.55. The zero-order valence-corrected chi connectivity index (χ0v) is 11.2. The minimum Gasteiger partial charge on any atom is -0.439 e. The number of pyridine rings is 1. The SMILES string of the molecule is CC(O)c1ccnc(Oc2cc(F)cc(Br)c2)c1. The summed E-state index contributed by atoms with van der Waals surface area (Å²) in [6.45, 7) is 1.65. The number of benzene rings is 1. The highest BCUT2D eigenvalue weighted by Gasteiger charge is 2.06. The first kappa shape index (κ1) is 13.0. The third-order valence-corrected chi connectivity index (χ3v) is 2.76.